The second-order valence-electron chi connectivity index (χ2n) is 6.99. The molecule has 0 atom stereocenters. The third kappa shape index (κ3) is 4.60. The second kappa shape index (κ2) is 8.93. The van der Waals surface area contributed by atoms with Crippen molar-refractivity contribution in [1.29, 1.82) is 0 Å². The van der Waals surface area contributed by atoms with Crippen LogP contribution in [0.2, 0.25) is 5.02 Å². The Labute approximate surface area is 178 Å². The van der Waals surface area contributed by atoms with Crippen molar-refractivity contribution in [2.45, 2.75) is 37.3 Å². The van der Waals surface area contributed by atoms with E-state index in [9.17, 15) is 9.59 Å². The number of rotatable bonds is 6. The Bertz CT molecular complexity index is 1080. The summed E-state index contributed by atoms with van der Waals surface area (Å²) in [6, 6.07) is 10.7. The Balaban J connectivity index is 1.59. The average molecular weight is 426 g/mol. The van der Waals surface area contributed by atoms with Gasteiger partial charge in [0, 0.05) is 34.2 Å². The number of nitrogens with zero attached hydrogens (tertiary/aromatic N) is 3. The first kappa shape index (κ1) is 19.9. The molecule has 0 fully saturated rings. The number of hydrogen-bond donors (Lipinski definition) is 0. The van der Waals surface area contributed by atoms with Crippen molar-refractivity contribution < 1.29 is 4.79 Å². The van der Waals surface area contributed by atoms with Crippen LogP contribution in [-0.2, 0) is 19.4 Å². The van der Waals surface area contributed by atoms with Gasteiger partial charge in [-0.25, -0.2) is 4.79 Å². The summed E-state index contributed by atoms with van der Waals surface area (Å²) in [5.74, 6) is 0.244. The van der Waals surface area contributed by atoms with Crippen molar-refractivity contribution in [3.8, 4) is 0 Å². The van der Waals surface area contributed by atoms with Crippen LogP contribution in [0.25, 0.3) is 0 Å². The summed E-state index contributed by atoms with van der Waals surface area (Å²) in [5, 5.41) is 1.29. The lowest BCUT2D eigenvalue weighted by molar-refractivity contribution is 0.102. The highest BCUT2D eigenvalue weighted by atomic mass is 35.5. The Morgan fingerprint density at radius 2 is 1.79 bits per heavy atom. The lowest BCUT2D eigenvalue weighted by atomic mass is 9.97. The predicted octanol–water partition coefficient (Wildman–Crippen LogP) is 4.19. The van der Waals surface area contributed by atoms with Gasteiger partial charge >= 0.3 is 5.69 Å². The monoisotopic (exact) mass is 425 g/mol. The van der Waals surface area contributed by atoms with E-state index in [-0.39, 0.29) is 17.2 Å². The predicted molar refractivity (Wildman–Crippen MR) is 115 cm³/mol. The number of carbonyl (C=O) groups excluding carboxylic acids is 1. The highest BCUT2D eigenvalue weighted by molar-refractivity contribution is 8.00. The minimum atomic E-state index is -0.260. The molecule has 7 heteroatoms. The van der Waals surface area contributed by atoms with E-state index in [2.05, 4.69) is 9.97 Å². The summed E-state index contributed by atoms with van der Waals surface area (Å²) in [5.41, 5.74) is 3.54. The molecule has 4 rings (SSSR count). The summed E-state index contributed by atoms with van der Waals surface area (Å²) in [6.07, 6.45) is 7.33. The minimum absolute atomic E-state index is 0.000935. The minimum Gasteiger partial charge on any atom is -0.293 e. The maximum atomic E-state index is 12.8. The lowest BCUT2D eigenvalue weighted by Crippen LogP contribution is -2.30. The van der Waals surface area contributed by atoms with Gasteiger partial charge in [-0.3, -0.25) is 14.3 Å². The van der Waals surface area contributed by atoms with E-state index < -0.39 is 0 Å². The fourth-order valence-electron chi connectivity index (χ4n) is 3.55. The molecule has 1 aliphatic rings. The molecule has 0 aliphatic heterocycles. The van der Waals surface area contributed by atoms with Crippen LogP contribution in [0.3, 0.4) is 0 Å². The second-order valence-corrected chi connectivity index (χ2v) is 8.39. The van der Waals surface area contributed by atoms with Crippen LogP contribution >= 0.6 is 23.4 Å². The van der Waals surface area contributed by atoms with Crippen molar-refractivity contribution in [2.24, 2.45) is 0 Å². The molecule has 2 heterocycles. The molecule has 0 radical (unpaired) electrons. The quantitative estimate of drug-likeness (QED) is 0.336. The molecule has 0 amide bonds. The molecule has 5 nitrogen and oxygen atoms in total. The number of benzene rings is 1. The van der Waals surface area contributed by atoms with Crippen LogP contribution < -0.4 is 5.69 Å². The van der Waals surface area contributed by atoms with Crippen molar-refractivity contribution in [3.63, 3.8) is 0 Å². The SMILES string of the molecule is O=C(CSc1nc(=O)n(Cc2ccncc2)c2c1CCCC2)c1ccc(Cl)cc1. The van der Waals surface area contributed by atoms with Crippen LogP contribution in [0.1, 0.15) is 40.0 Å². The summed E-state index contributed by atoms with van der Waals surface area (Å²) in [4.78, 5) is 33.7. The number of thioether (sulfide) groups is 1. The van der Waals surface area contributed by atoms with Gasteiger partial charge in [0.25, 0.3) is 0 Å². The number of fused-ring (bicyclic) bond motifs is 1. The molecule has 0 saturated heterocycles. The third-order valence-corrected chi connectivity index (χ3v) is 6.32. The van der Waals surface area contributed by atoms with Gasteiger partial charge in [0.2, 0.25) is 0 Å². The van der Waals surface area contributed by atoms with Gasteiger partial charge in [0.1, 0.15) is 5.03 Å². The van der Waals surface area contributed by atoms with Gasteiger partial charge in [0.05, 0.1) is 12.3 Å². The van der Waals surface area contributed by atoms with E-state index >= 15 is 0 Å². The Morgan fingerprint density at radius 1 is 1.07 bits per heavy atom. The number of aromatic nitrogens is 3. The number of carbonyl (C=O) groups is 1. The zero-order valence-electron chi connectivity index (χ0n) is 15.8. The first-order chi connectivity index (χ1) is 14.1. The summed E-state index contributed by atoms with van der Waals surface area (Å²) >= 11 is 7.25. The van der Waals surface area contributed by atoms with E-state index in [4.69, 9.17) is 11.6 Å². The fraction of sp³-hybridized carbons (Fsp3) is 0.273. The van der Waals surface area contributed by atoms with Gasteiger partial charge < -0.3 is 0 Å². The third-order valence-electron chi connectivity index (χ3n) is 5.05. The van der Waals surface area contributed by atoms with Gasteiger partial charge in [-0.05, 0) is 67.6 Å². The van der Waals surface area contributed by atoms with E-state index in [1.807, 2.05) is 12.1 Å². The van der Waals surface area contributed by atoms with E-state index in [1.54, 1.807) is 41.2 Å². The molecule has 0 spiro atoms. The lowest BCUT2D eigenvalue weighted by Gasteiger charge is -2.22. The normalized spacial score (nSPS) is 13.1. The molecule has 29 heavy (non-hydrogen) atoms. The Hall–Kier alpha value is -2.44. The first-order valence-corrected chi connectivity index (χ1v) is 10.9. The van der Waals surface area contributed by atoms with Crippen molar-refractivity contribution in [3.05, 3.63) is 86.7 Å². The molecule has 3 aromatic rings. The van der Waals surface area contributed by atoms with Crippen molar-refractivity contribution >= 4 is 29.1 Å². The molecule has 148 valence electrons. The topological polar surface area (TPSA) is 64.8 Å². The molecule has 1 aliphatic carbocycles. The number of pyridine rings is 1. The summed E-state index contributed by atoms with van der Waals surface area (Å²) < 4.78 is 1.77. The highest BCUT2D eigenvalue weighted by Gasteiger charge is 2.21. The highest BCUT2D eigenvalue weighted by Crippen LogP contribution is 2.29. The molecule has 2 aromatic heterocycles. The van der Waals surface area contributed by atoms with Crippen LogP contribution in [-0.4, -0.2) is 26.1 Å². The van der Waals surface area contributed by atoms with Crippen LogP contribution in [0.4, 0.5) is 0 Å². The Morgan fingerprint density at radius 3 is 2.55 bits per heavy atom. The molecular weight excluding hydrogens is 406 g/mol. The molecule has 0 unspecified atom stereocenters. The number of ketones is 1. The zero-order chi connectivity index (χ0) is 20.2. The molecule has 1 aromatic carbocycles. The van der Waals surface area contributed by atoms with Crippen molar-refractivity contribution in [2.75, 3.05) is 5.75 Å². The van der Waals surface area contributed by atoms with Gasteiger partial charge in [-0.1, -0.05) is 23.4 Å². The van der Waals surface area contributed by atoms with Crippen LogP contribution in [0.15, 0.2) is 58.6 Å². The molecule has 0 N–H and O–H groups in total. The van der Waals surface area contributed by atoms with Crippen LogP contribution in [0, 0.1) is 0 Å². The summed E-state index contributed by atoms with van der Waals surface area (Å²) in [7, 11) is 0. The zero-order valence-corrected chi connectivity index (χ0v) is 17.4. The van der Waals surface area contributed by atoms with Gasteiger partial charge in [-0.2, -0.15) is 4.98 Å². The molecular formula is C22H20ClN3O2S. The van der Waals surface area contributed by atoms with E-state index in [0.717, 1.165) is 42.5 Å². The average Bonchev–Trinajstić information content (AvgIpc) is 2.75. The number of Topliss-reactive ketones (excluding diaryl/α,β-unsaturated/α-hetero) is 1. The van der Waals surface area contributed by atoms with Gasteiger partial charge in [-0.15, -0.1) is 0 Å². The largest absolute Gasteiger partial charge is 0.349 e. The van der Waals surface area contributed by atoms with Gasteiger partial charge in [0.15, 0.2) is 5.78 Å². The number of halogens is 1. The first-order valence-electron chi connectivity index (χ1n) is 9.55. The molecule has 0 bridgehead atoms. The smallest absolute Gasteiger partial charge is 0.293 e. The van der Waals surface area contributed by atoms with Crippen molar-refractivity contribution in [1.82, 2.24) is 14.5 Å². The van der Waals surface area contributed by atoms with E-state index in [0.29, 0.717) is 22.2 Å². The van der Waals surface area contributed by atoms with Crippen LogP contribution in [0.5, 0.6) is 0 Å². The standard InChI is InChI=1S/C22H20ClN3O2S/c23-17-7-5-16(6-8-17)20(27)14-29-21-18-3-1-2-4-19(18)26(22(28)25-21)13-15-9-11-24-12-10-15/h5-12H,1-4,13-14H2. The maximum Gasteiger partial charge on any atom is 0.349 e. The number of hydrogen-bond acceptors (Lipinski definition) is 5. The fourth-order valence-corrected chi connectivity index (χ4v) is 4.65. The maximum absolute atomic E-state index is 12.8. The van der Waals surface area contributed by atoms with E-state index in [1.165, 1.54) is 11.8 Å². The summed E-state index contributed by atoms with van der Waals surface area (Å²) in [6.45, 7) is 0.491. The Kier molecular flexibility index (Phi) is 6.11. The molecule has 0 saturated carbocycles.